The maximum absolute atomic E-state index is 12.2. The van der Waals surface area contributed by atoms with Crippen molar-refractivity contribution in [3.05, 3.63) is 29.8 Å². The van der Waals surface area contributed by atoms with Crippen molar-refractivity contribution < 1.29 is 14.3 Å². The van der Waals surface area contributed by atoms with Crippen LogP contribution in [-0.2, 0) is 16.0 Å². The molecule has 4 nitrogen and oxygen atoms in total. The summed E-state index contributed by atoms with van der Waals surface area (Å²) in [6.45, 7) is 6.43. The Balaban J connectivity index is 1.99. The minimum Gasteiger partial charge on any atom is -0.481 e. The summed E-state index contributed by atoms with van der Waals surface area (Å²) < 4.78 is 11.1. The third-order valence-electron chi connectivity index (χ3n) is 3.33. The summed E-state index contributed by atoms with van der Waals surface area (Å²) >= 11 is 0. The van der Waals surface area contributed by atoms with Crippen LogP contribution in [-0.4, -0.2) is 43.2 Å². The lowest BCUT2D eigenvalue weighted by Crippen LogP contribution is -2.46. The van der Waals surface area contributed by atoms with Gasteiger partial charge in [0.1, 0.15) is 5.75 Å². The lowest BCUT2D eigenvalue weighted by molar-refractivity contribution is -0.142. The first-order chi connectivity index (χ1) is 9.22. The topological polar surface area (TPSA) is 38.8 Å². The van der Waals surface area contributed by atoms with Crippen LogP contribution in [0.15, 0.2) is 24.3 Å². The van der Waals surface area contributed by atoms with Crippen LogP contribution in [0.2, 0.25) is 0 Å². The number of carbonyl (C=O) groups is 1. The molecule has 1 atom stereocenters. The number of morpholine rings is 1. The number of amides is 1. The Morgan fingerprint density at radius 1 is 1.37 bits per heavy atom. The molecule has 0 aromatic heterocycles. The highest BCUT2D eigenvalue weighted by molar-refractivity contribution is 5.81. The number of rotatable bonds is 4. The van der Waals surface area contributed by atoms with Gasteiger partial charge in [-0.15, -0.1) is 0 Å². The van der Waals surface area contributed by atoms with Crippen LogP contribution in [0.1, 0.15) is 19.4 Å². The number of para-hydroxylation sites is 1. The van der Waals surface area contributed by atoms with E-state index in [0.717, 1.165) is 17.7 Å². The van der Waals surface area contributed by atoms with Crippen LogP contribution in [0.4, 0.5) is 0 Å². The predicted molar refractivity (Wildman–Crippen MR) is 73.3 cm³/mol. The highest BCUT2D eigenvalue weighted by atomic mass is 16.5. The molecule has 0 spiro atoms. The summed E-state index contributed by atoms with van der Waals surface area (Å²) in [5.74, 6) is 0.841. The van der Waals surface area contributed by atoms with Gasteiger partial charge in [-0.3, -0.25) is 4.79 Å². The predicted octanol–water partition coefficient (Wildman–Crippen LogP) is 1.88. The highest BCUT2D eigenvalue weighted by Crippen LogP contribution is 2.20. The van der Waals surface area contributed by atoms with E-state index in [-0.39, 0.29) is 5.91 Å². The van der Waals surface area contributed by atoms with Crippen LogP contribution >= 0.6 is 0 Å². The zero-order valence-corrected chi connectivity index (χ0v) is 11.6. The Kier molecular flexibility index (Phi) is 4.80. The van der Waals surface area contributed by atoms with E-state index in [1.165, 1.54) is 0 Å². The Morgan fingerprint density at radius 2 is 2.05 bits per heavy atom. The molecule has 104 valence electrons. The van der Waals surface area contributed by atoms with Gasteiger partial charge >= 0.3 is 0 Å². The first-order valence-electron chi connectivity index (χ1n) is 6.83. The summed E-state index contributed by atoms with van der Waals surface area (Å²) in [4.78, 5) is 14.1. The maximum Gasteiger partial charge on any atom is 0.263 e. The van der Waals surface area contributed by atoms with Crippen LogP contribution in [0.5, 0.6) is 5.75 Å². The number of hydrogen-bond acceptors (Lipinski definition) is 3. The van der Waals surface area contributed by atoms with Crippen LogP contribution in [0.25, 0.3) is 0 Å². The van der Waals surface area contributed by atoms with E-state index < -0.39 is 6.10 Å². The molecule has 1 aromatic rings. The summed E-state index contributed by atoms with van der Waals surface area (Å²) in [5, 5.41) is 0. The smallest absolute Gasteiger partial charge is 0.263 e. The molecule has 1 amide bonds. The summed E-state index contributed by atoms with van der Waals surface area (Å²) in [6.07, 6.45) is 0.444. The SMILES string of the molecule is CCc1ccccc1O[C@H](C)C(=O)N1CCOCC1. The molecule has 19 heavy (non-hydrogen) atoms. The second kappa shape index (κ2) is 6.57. The maximum atomic E-state index is 12.2. The monoisotopic (exact) mass is 263 g/mol. The van der Waals surface area contributed by atoms with E-state index in [4.69, 9.17) is 9.47 Å². The van der Waals surface area contributed by atoms with E-state index >= 15 is 0 Å². The average Bonchev–Trinajstić information content (AvgIpc) is 2.48. The second-order valence-electron chi connectivity index (χ2n) is 4.66. The second-order valence-corrected chi connectivity index (χ2v) is 4.66. The van der Waals surface area contributed by atoms with Gasteiger partial charge in [-0.1, -0.05) is 25.1 Å². The van der Waals surface area contributed by atoms with Gasteiger partial charge in [-0.2, -0.15) is 0 Å². The molecule has 0 saturated carbocycles. The van der Waals surface area contributed by atoms with E-state index in [1.54, 1.807) is 0 Å². The minimum atomic E-state index is -0.453. The molecule has 0 radical (unpaired) electrons. The van der Waals surface area contributed by atoms with Crippen molar-refractivity contribution in [2.45, 2.75) is 26.4 Å². The third kappa shape index (κ3) is 3.47. The Morgan fingerprint density at radius 3 is 2.74 bits per heavy atom. The molecule has 0 unspecified atom stereocenters. The lowest BCUT2D eigenvalue weighted by Gasteiger charge is -2.29. The summed E-state index contributed by atoms with van der Waals surface area (Å²) in [7, 11) is 0. The number of hydrogen-bond donors (Lipinski definition) is 0. The Hall–Kier alpha value is -1.55. The number of nitrogens with zero attached hydrogens (tertiary/aromatic N) is 1. The first-order valence-corrected chi connectivity index (χ1v) is 6.83. The fraction of sp³-hybridized carbons (Fsp3) is 0.533. The van der Waals surface area contributed by atoms with Crippen LogP contribution in [0.3, 0.4) is 0 Å². The number of carbonyl (C=O) groups excluding carboxylic acids is 1. The summed E-state index contributed by atoms with van der Waals surface area (Å²) in [5.41, 5.74) is 1.13. The molecule has 1 aromatic carbocycles. The fourth-order valence-corrected chi connectivity index (χ4v) is 2.19. The van der Waals surface area contributed by atoms with Gasteiger partial charge < -0.3 is 14.4 Å². The molecule has 1 heterocycles. The van der Waals surface area contributed by atoms with Crippen molar-refractivity contribution in [1.29, 1.82) is 0 Å². The van der Waals surface area contributed by atoms with E-state index in [9.17, 15) is 4.79 Å². The van der Waals surface area contributed by atoms with Gasteiger partial charge in [0.15, 0.2) is 6.10 Å². The van der Waals surface area contributed by atoms with Crippen LogP contribution in [0, 0.1) is 0 Å². The highest BCUT2D eigenvalue weighted by Gasteiger charge is 2.24. The molecular formula is C15H21NO3. The summed E-state index contributed by atoms with van der Waals surface area (Å²) in [6, 6.07) is 7.86. The van der Waals surface area contributed by atoms with Crippen molar-refractivity contribution in [1.82, 2.24) is 4.90 Å². The zero-order chi connectivity index (χ0) is 13.7. The van der Waals surface area contributed by atoms with Gasteiger partial charge in [0, 0.05) is 13.1 Å². The normalized spacial score (nSPS) is 17.1. The fourth-order valence-electron chi connectivity index (χ4n) is 2.19. The van der Waals surface area contributed by atoms with Crippen LogP contribution < -0.4 is 4.74 Å². The van der Waals surface area contributed by atoms with Gasteiger partial charge in [0.2, 0.25) is 0 Å². The zero-order valence-electron chi connectivity index (χ0n) is 11.6. The van der Waals surface area contributed by atoms with E-state index in [1.807, 2.05) is 36.1 Å². The van der Waals surface area contributed by atoms with E-state index in [0.29, 0.717) is 26.3 Å². The molecular weight excluding hydrogens is 242 g/mol. The molecule has 1 aliphatic rings. The van der Waals surface area contributed by atoms with Gasteiger partial charge in [0.25, 0.3) is 5.91 Å². The average molecular weight is 263 g/mol. The largest absolute Gasteiger partial charge is 0.481 e. The van der Waals surface area contributed by atoms with E-state index in [2.05, 4.69) is 6.92 Å². The van der Waals surface area contributed by atoms with Crippen molar-refractivity contribution in [3.8, 4) is 5.75 Å². The molecule has 4 heteroatoms. The number of ether oxygens (including phenoxy) is 2. The van der Waals surface area contributed by atoms with Crippen molar-refractivity contribution in [2.75, 3.05) is 26.3 Å². The first kappa shape index (κ1) is 13.9. The lowest BCUT2D eigenvalue weighted by atomic mass is 10.1. The number of benzene rings is 1. The van der Waals surface area contributed by atoms with Gasteiger partial charge in [0.05, 0.1) is 13.2 Å². The quantitative estimate of drug-likeness (QED) is 0.832. The molecule has 0 N–H and O–H groups in total. The van der Waals surface area contributed by atoms with Crippen molar-refractivity contribution >= 4 is 5.91 Å². The molecule has 2 rings (SSSR count). The molecule has 0 aliphatic carbocycles. The van der Waals surface area contributed by atoms with Crippen molar-refractivity contribution in [3.63, 3.8) is 0 Å². The molecule has 1 aliphatic heterocycles. The molecule has 1 fully saturated rings. The number of aryl methyl sites for hydroxylation is 1. The van der Waals surface area contributed by atoms with Gasteiger partial charge in [-0.25, -0.2) is 0 Å². The van der Waals surface area contributed by atoms with Crippen molar-refractivity contribution in [2.24, 2.45) is 0 Å². The molecule has 1 saturated heterocycles. The van der Waals surface area contributed by atoms with Gasteiger partial charge in [-0.05, 0) is 25.0 Å². The Labute approximate surface area is 114 Å². The minimum absolute atomic E-state index is 0.0363. The Bertz CT molecular complexity index is 427. The third-order valence-corrected chi connectivity index (χ3v) is 3.33. The molecule has 0 bridgehead atoms. The standard InChI is InChI=1S/C15H21NO3/c1-3-13-6-4-5-7-14(13)19-12(2)15(17)16-8-10-18-11-9-16/h4-7,12H,3,8-11H2,1-2H3/t12-/m1/s1.